The molecule has 98 valence electrons. The summed E-state index contributed by atoms with van der Waals surface area (Å²) >= 11 is 0. The number of carbonyl (C=O) groups excluding carboxylic acids is 1. The summed E-state index contributed by atoms with van der Waals surface area (Å²) < 4.78 is 1.68. The zero-order chi connectivity index (χ0) is 13.7. The molecule has 0 saturated heterocycles. The fourth-order valence-electron chi connectivity index (χ4n) is 1.60. The fraction of sp³-hybridized carbons (Fsp3) is 0.214. The minimum absolute atomic E-state index is 0.0857. The van der Waals surface area contributed by atoms with Crippen LogP contribution in [0.2, 0.25) is 0 Å². The highest BCUT2D eigenvalue weighted by atomic mass is 16.1. The molecule has 1 amide bonds. The van der Waals surface area contributed by atoms with Crippen molar-refractivity contribution < 1.29 is 4.79 Å². The van der Waals surface area contributed by atoms with E-state index in [1.54, 1.807) is 23.2 Å². The third-order valence-electron chi connectivity index (χ3n) is 2.44. The van der Waals surface area contributed by atoms with Crippen LogP contribution >= 0.6 is 0 Å². The molecule has 5 nitrogen and oxygen atoms in total. The van der Waals surface area contributed by atoms with Crippen molar-refractivity contribution in [3.63, 3.8) is 0 Å². The Morgan fingerprint density at radius 2 is 2.26 bits per heavy atom. The molecule has 0 spiro atoms. The lowest BCUT2D eigenvalue weighted by Gasteiger charge is -2.05. The molecule has 5 heteroatoms. The highest BCUT2D eigenvalue weighted by molar-refractivity contribution is 5.87. The topological polar surface area (TPSA) is 59.8 Å². The summed E-state index contributed by atoms with van der Waals surface area (Å²) in [5, 5.41) is 6.95. The van der Waals surface area contributed by atoms with E-state index >= 15 is 0 Å². The van der Waals surface area contributed by atoms with Gasteiger partial charge in [-0.15, -0.1) is 0 Å². The zero-order valence-electron chi connectivity index (χ0n) is 11.0. The van der Waals surface area contributed by atoms with Gasteiger partial charge in [0.05, 0.1) is 0 Å². The van der Waals surface area contributed by atoms with Crippen LogP contribution in [0.3, 0.4) is 0 Å². The average Bonchev–Trinajstić information content (AvgIpc) is 2.90. The number of allylic oxidation sites excluding steroid dienone is 1. The van der Waals surface area contributed by atoms with Gasteiger partial charge in [-0.3, -0.25) is 4.79 Å². The fourth-order valence-corrected chi connectivity index (χ4v) is 1.60. The number of rotatable bonds is 4. The molecule has 0 unspecified atom stereocenters. The van der Waals surface area contributed by atoms with Crippen LogP contribution in [0, 0.1) is 0 Å². The second-order valence-corrected chi connectivity index (χ2v) is 4.41. The maximum atomic E-state index is 11.5. The van der Waals surface area contributed by atoms with Gasteiger partial charge in [-0.2, -0.15) is 5.10 Å². The van der Waals surface area contributed by atoms with Gasteiger partial charge in [-0.25, -0.2) is 9.67 Å². The first-order valence-electron chi connectivity index (χ1n) is 6.03. The third-order valence-corrected chi connectivity index (χ3v) is 2.44. The second-order valence-electron chi connectivity index (χ2n) is 4.41. The number of nitrogens with zero attached hydrogens (tertiary/aromatic N) is 3. The minimum atomic E-state index is -0.0857. The largest absolute Gasteiger partial charge is 0.348 e. The van der Waals surface area contributed by atoms with Crippen LogP contribution < -0.4 is 5.32 Å². The highest BCUT2D eigenvalue weighted by Gasteiger charge is 2.01. The van der Waals surface area contributed by atoms with Gasteiger partial charge in [0.15, 0.2) is 5.82 Å². The number of hydrogen-bond donors (Lipinski definition) is 1. The van der Waals surface area contributed by atoms with Crippen LogP contribution in [0.4, 0.5) is 0 Å². The molecule has 0 aliphatic carbocycles. The predicted octanol–water partition coefficient (Wildman–Crippen LogP) is 1.85. The van der Waals surface area contributed by atoms with E-state index in [4.69, 9.17) is 0 Å². The average molecular weight is 256 g/mol. The molecular weight excluding hydrogens is 240 g/mol. The van der Waals surface area contributed by atoms with Crippen molar-refractivity contribution in [2.24, 2.45) is 0 Å². The predicted molar refractivity (Wildman–Crippen MR) is 72.6 cm³/mol. The Morgan fingerprint density at radius 1 is 1.42 bits per heavy atom. The third kappa shape index (κ3) is 3.77. The molecule has 0 radical (unpaired) electrons. The lowest BCUT2D eigenvalue weighted by atomic mass is 10.2. The van der Waals surface area contributed by atoms with E-state index in [0.717, 1.165) is 17.0 Å². The number of aromatic nitrogens is 3. The van der Waals surface area contributed by atoms with E-state index in [1.807, 2.05) is 38.2 Å². The Kier molecular flexibility index (Phi) is 4.07. The summed E-state index contributed by atoms with van der Waals surface area (Å²) in [7, 11) is 0. The molecule has 1 N–H and O–H groups in total. The summed E-state index contributed by atoms with van der Waals surface area (Å²) in [4.78, 5) is 15.8. The summed E-state index contributed by atoms with van der Waals surface area (Å²) in [5.74, 6) is 0.649. The number of hydrogen-bond acceptors (Lipinski definition) is 3. The van der Waals surface area contributed by atoms with Crippen LogP contribution in [0.25, 0.3) is 5.82 Å². The summed E-state index contributed by atoms with van der Waals surface area (Å²) in [6.07, 6.45) is 6.81. The second kappa shape index (κ2) is 5.95. The molecule has 0 aromatic carbocycles. The lowest BCUT2D eigenvalue weighted by Crippen LogP contribution is -2.20. The maximum Gasteiger partial charge on any atom is 0.244 e. The van der Waals surface area contributed by atoms with Crippen molar-refractivity contribution in [3.05, 3.63) is 54.0 Å². The van der Waals surface area contributed by atoms with Crippen molar-refractivity contribution in [2.75, 3.05) is 0 Å². The lowest BCUT2D eigenvalue weighted by molar-refractivity contribution is -0.116. The van der Waals surface area contributed by atoms with Crippen LogP contribution in [0.5, 0.6) is 0 Å². The highest BCUT2D eigenvalue weighted by Crippen LogP contribution is 2.06. The van der Waals surface area contributed by atoms with Crippen molar-refractivity contribution in [3.8, 4) is 5.82 Å². The molecule has 0 aliphatic heterocycles. The number of carbonyl (C=O) groups is 1. The smallest absolute Gasteiger partial charge is 0.244 e. The van der Waals surface area contributed by atoms with E-state index in [2.05, 4.69) is 15.4 Å². The van der Waals surface area contributed by atoms with Crippen LogP contribution in [0.15, 0.2) is 48.4 Å². The van der Waals surface area contributed by atoms with Gasteiger partial charge in [-0.1, -0.05) is 5.57 Å². The molecule has 2 rings (SSSR count). The molecular formula is C14H16N4O. The number of nitrogens with one attached hydrogen (secondary N) is 1. The molecule has 0 atom stereocenters. The van der Waals surface area contributed by atoms with Gasteiger partial charge < -0.3 is 5.32 Å². The summed E-state index contributed by atoms with van der Waals surface area (Å²) in [5.41, 5.74) is 1.96. The quantitative estimate of drug-likeness (QED) is 0.849. The standard InChI is InChI=1S/C14H16N4O/c1-11(2)8-14(19)16-10-12-4-6-15-13(9-12)18-7-3-5-17-18/h3-9H,10H2,1-2H3,(H,16,19). The first kappa shape index (κ1) is 13.0. The molecule has 2 aromatic heterocycles. The van der Waals surface area contributed by atoms with Crippen LogP contribution in [0.1, 0.15) is 19.4 Å². The van der Waals surface area contributed by atoms with Crippen molar-refractivity contribution in [1.82, 2.24) is 20.1 Å². The maximum absolute atomic E-state index is 11.5. The van der Waals surface area contributed by atoms with Gasteiger partial charge in [0, 0.05) is 31.2 Å². The molecule has 0 bridgehead atoms. The Hall–Kier alpha value is -2.43. The molecule has 0 saturated carbocycles. The Balaban J connectivity index is 2.04. The van der Waals surface area contributed by atoms with Crippen molar-refractivity contribution in [1.29, 1.82) is 0 Å². The number of pyridine rings is 1. The molecule has 19 heavy (non-hydrogen) atoms. The minimum Gasteiger partial charge on any atom is -0.348 e. The van der Waals surface area contributed by atoms with E-state index in [1.165, 1.54) is 0 Å². The molecule has 0 aliphatic rings. The van der Waals surface area contributed by atoms with E-state index in [0.29, 0.717) is 6.54 Å². The van der Waals surface area contributed by atoms with Gasteiger partial charge in [0.25, 0.3) is 0 Å². The van der Waals surface area contributed by atoms with Crippen molar-refractivity contribution in [2.45, 2.75) is 20.4 Å². The zero-order valence-corrected chi connectivity index (χ0v) is 11.0. The van der Waals surface area contributed by atoms with Crippen LogP contribution in [-0.4, -0.2) is 20.7 Å². The summed E-state index contributed by atoms with van der Waals surface area (Å²) in [6.45, 7) is 4.25. The molecule has 0 fully saturated rings. The van der Waals surface area contributed by atoms with Crippen LogP contribution in [-0.2, 0) is 11.3 Å². The normalized spacial score (nSPS) is 10.0. The number of amides is 1. The van der Waals surface area contributed by atoms with E-state index in [9.17, 15) is 4.79 Å². The first-order chi connectivity index (χ1) is 9.15. The summed E-state index contributed by atoms with van der Waals surface area (Å²) in [6, 6.07) is 5.61. The van der Waals surface area contributed by atoms with Gasteiger partial charge in [0.1, 0.15) is 0 Å². The van der Waals surface area contributed by atoms with Gasteiger partial charge in [-0.05, 0) is 37.6 Å². The van der Waals surface area contributed by atoms with E-state index in [-0.39, 0.29) is 5.91 Å². The Bertz CT molecular complexity index is 583. The SMILES string of the molecule is CC(C)=CC(=O)NCc1ccnc(-n2cccn2)c1. The van der Waals surface area contributed by atoms with E-state index < -0.39 is 0 Å². The Morgan fingerprint density at radius 3 is 2.95 bits per heavy atom. The van der Waals surface area contributed by atoms with Gasteiger partial charge >= 0.3 is 0 Å². The van der Waals surface area contributed by atoms with Gasteiger partial charge in [0.2, 0.25) is 5.91 Å². The molecule has 2 heterocycles. The molecule has 2 aromatic rings. The monoisotopic (exact) mass is 256 g/mol. The Labute approximate surface area is 112 Å². The first-order valence-corrected chi connectivity index (χ1v) is 6.03. The van der Waals surface area contributed by atoms with Crippen molar-refractivity contribution >= 4 is 5.91 Å².